The summed E-state index contributed by atoms with van der Waals surface area (Å²) < 4.78 is 5.45. The molecule has 0 bridgehead atoms. The van der Waals surface area contributed by atoms with Gasteiger partial charge < -0.3 is 15.4 Å². The van der Waals surface area contributed by atoms with Crippen molar-refractivity contribution in [1.82, 2.24) is 10.6 Å². The third-order valence-corrected chi connectivity index (χ3v) is 4.19. The minimum atomic E-state index is 0.0310. The molecule has 0 spiro atoms. The molecular formula is C16H22N2O2. The maximum atomic E-state index is 12.1. The number of hydrogen-bond donors (Lipinski definition) is 2. The van der Waals surface area contributed by atoms with E-state index in [1.54, 1.807) is 0 Å². The summed E-state index contributed by atoms with van der Waals surface area (Å²) in [4.78, 5) is 12.1. The Labute approximate surface area is 119 Å². The van der Waals surface area contributed by atoms with Crippen molar-refractivity contribution >= 4 is 5.91 Å². The highest BCUT2D eigenvalue weighted by molar-refractivity contribution is 5.94. The number of benzene rings is 1. The fraction of sp³-hybridized carbons (Fsp3) is 0.562. The Morgan fingerprint density at radius 1 is 1.45 bits per heavy atom. The van der Waals surface area contributed by atoms with Crippen molar-refractivity contribution in [2.45, 2.75) is 25.7 Å². The van der Waals surface area contributed by atoms with E-state index in [1.165, 1.54) is 12.8 Å². The van der Waals surface area contributed by atoms with Crippen LogP contribution in [0.1, 0.15) is 35.2 Å². The smallest absolute Gasteiger partial charge is 0.251 e. The highest BCUT2D eigenvalue weighted by Gasteiger charge is 2.16. The molecule has 4 heteroatoms. The van der Waals surface area contributed by atoms with Gasteiger partial charge in [-0.05, 0) is 62.0 Å². The molecule has 1 atom stereocenters. The summed E-state index contributed by atoms with van der Waals surface area (Å²) in [5, 5.41) is 6.44. The Morgan fingerprint density at radius 2 is 2.40 bits per heavy atom. The van der Waals surface area contributed by atoms with Gasteiger partial charge in [0.05, 0.1) is 6.61 Å². The molecule has 1 saturated heterocycles. The van der Waals surface area contributed by atoms with Gasteiger partial charge in [-0.25, -0.2) is 0 Å². The average molecular weight is 274 g/mol. The van der Waals surface area contributed by atoms with Crippen LogP contribution in [-0.4, -0.2) is 32.1 Å². The Balaban J connectivity index is 1.49. The third-order valence-electron chi connectivity index (χ3n) is 4.19. The van der Waals surface area contributed by atoms with Gasteiger partial charge in [0.1, 0.15) is 5.75 Å². The summed E-state index contributed by atoms with van der Waals surface area (Å²) in [6.07, 6.45) is 4.50. The molecular weight excluding hydrogens is 252 g/mol. The van der Waals surface area contributed by atoms with E-state index in [-0.39, 0.29) is 5.91 Å². The van der Waals surface area contributed by atoms with Gasteiger partial charge in [-0.2, -0.15) is 0 Å². The molecule has 1 amide bonds. The fourth-order valence-electron chi connectivity index (χ4n) is 2.99. The zero-order chi connectivity index (χ0) is 13.8. The SMILES string of the molecule is O=C(NCCC1CCCNC1)c1ccc2c(c1)CCO2. The lowest BCUT2D eigenvalue weighted by Crippen LogP contribution is -2.33. The van der Waals surface area contributed by atoms with Crippen LogP contribution in [0.3, 0.4) is 0 Å². The number of carbonyl (C=O) groups excluding carboxylic acids is 1. The average Bonchev–Trinajstić information content (AvgIpc) is 2.95. The number of nitrogens with one attached hydrogen (secondary N) is 2. The van der Waals surface area contributed by atoms with E-state index in [1.807, 2.05) is 18.2 Å². The van der Waals surface area contributed by atoms with Crippen molar-refractivity contribution in [2.24, 2.45) is 5.92 Å². The third kappa shape index (κ3) is 3.12. The molecule has 0 radical (unpaired) electrons. The van der Waals surface area contributed by atoms with Gasteiger partial charge in [-0.3, -0.25) is 4.79 Å². The van der Waals surface area contributed by atoms with E-state index in [2.05, 4.69) is 10.6 Å². The van der Waals surface area contributed by atoms with Gasteiger partial charge >= 0.3 is 0 Å². The van der Waals surface area contributed by atoms with Gasteiger partial charge in [-0.15, -0.1) is 0 Å². The minimum Gasteiger partial charge on any atom is -0.493 e. The first-order chi connectivity index (χ1) is 9.83. The summed E-state index contributed by atoms with van der Waals surface area (Å²) in [6.45, 7) is 3.72. The quantitative estimate of drug-likeness (QED) is 0.879. The molecule has 108 valence electrons. The molecule has 2 aliphatic heterocycles. The number of rotatable bonds is 4. The monoisotopic (exact) mass is 274 g/mol. The van der Waals surface area contributed by atoms with Crippen molar-refractivity contribution < 1.29 is 9.53 Å². The van der Waals surface area contributed by atoms with Crippen molar-refractivity contribution in [1.29, 1.82) is 0 Å². The summed E-state index contributed by atoms with van der Waals surface area (Å²) in [5.41, 5.74) is 1.89. The molecule has 0 aromatic heterocycles. The first-order valence-corrected chi connectivity index (χ1v) is 7.57. The van der Waals surface area contributed by atoms with Crippen LogP contribution >= 0.6 is 0 Å². The Hall–Kier alpha value is -1.55. The van der Waals surface area contributed by atoms with E-state index in [0.29, 0.717) is 5.92 Å². The molecule has 1 aromatic rings. The zero-order valence-electron chi connectivity index (χ0n) is 11.8. The highest BCUT2D eigenvalue weighted by atomic mass is 16.5. The van der Waals surface area contributed by atoms with Gasteiger partial charge in [0.2, 0.25) is 0 Å². The molecule has 1 aromatic carbocycles. The number of ether oxygens (including phenoxy) is 1. The Bertz CT molecular complexity index is 481. The number of carbonyl (C=O) groups is 1. The van der Waals surface area contributed by atoms with Crippen molar-refractivity contribution in [3.05, 3.63) is 29.3 Å². The molecule has 2 heterocycles. The maximum Gasteiger partial charge on any atom is 0.251 e. The fourth-order valence-corrected chi connectivity index (χ4v) is 2.99. The lowest BCUT2D eigenvalue weighted by Gasteiger charge is -2.22. The van der Waals surface area contributed by atoms with Crippen LogP contribution in [0.5, 0.6) is 5.75 Å². The van der Waals surface area contributed by atoms with Crippen LogP contribution in [-0.2, 0) is 6.42 Å². The number of fused-ring (bicyclic) bond motifs is 1. The Morgan fingerprint density at radius 3 is 3.25 bits per heavy atom. The van der Waals surface area contributed by atoms with E-state index in [0.717, 1.165) is 56.0 Å². The molecule has 2 N–H and O–H groups in total. The summed E-state index contributed by atoms with van der Waals surface area (Å²) in [5.74, 6) is 1.66. The molecule has 1 fully saturated rings. The minimum absolute atomic E-state index is 0.0310. The molecule has 0 saturated carbocycles. The predicted molar refractivity (Wildman–Crippen MR) is 78.2 cm³/mol. The highest BCUT2D eigenvalue weighted by Crippen LogP contribution is 2.25. The Kier molecular flexibility index (Phi) is 4.21. The van der Waals surface area contributed by atoms with Crippen LogP contribution in [0, 0.1) is 5.92 Å². The van der Waals surface area contributed by atoms with Crippen molar-refractivity contribution in [3.63, 3.8) is 0 Å². The van der Waals surface area contributed by atoms with Crippen LogP contribution in [0.4, 0.5) is 0 Å². The van der Waals surface area contributed by atoms with Gasteiger partial charge in [0.25, 0.3) is 5.91 Å². The number of piperidine rings is 1. The van der Waals surface area contributed by atoms with Crippen LogP contribution < -0.4 is 15.4 Å². The van der Waals surface area contributed by atoms with Crippen LogP contribution in [0.2, 0.25) is 0 Å². The molecule has 1 unspecified atom stereocenters. The second kappa shape index (κ2) is 6.27. The first-order valence-electron chi connectivity index (χ1n) is 7.57. The van der Waals surface area contributed by atoms with Gasteiger partial charge in [0, 0.05) is 18.5 Å². The van der Waals surface area contributed by atoms with E-state index < -0.39 is 0 Å². The van der Waals surface area contributed by atoms with E-state index in [9.17, 15) is 4.79 Å². The van der Waals surface area contributed by atoms with Gasteiger partial charge in [0.15, 0.2) is 0 Å². The number of hydrogen-bond acceptors (Lipinski definition) is 3. The second-order valence-corrected chi connectivity index (χ2v) is 5.68. The van der Waals surface area contributed by atoms with Crippen LogP contribution in [0.15, 0.2) is 18.2 Å². The number of amides is 1. The van der Waals surface area contributed by atoms with Crippen LogP contribution in [0.25, 0.3) is 0 Å². The largest absolute Gasteiger partial charge is 0.493 e. The molecule has 3 rings (SSSR count). The van der Waals surface area contributed by atoms with E-state index >= 15 is 0 Å². The topological polar surface area (TPSA) is 50.4 Å². The standard InChI is InChI=1S/C16H22N2O2/c19-16(18-8-5-12-2-1-7-17-11-12)14-3-4-15-13(10-14)6-9-20-15/h3-4,10,12,17H,1-2,5-9,11H2,(H,18,19). The molecule has 0 aliphatic carbocycles. The molecule has 2 aliphatic rings. The summed E-state index contributed by atoms with van der Waals surface area (Å²) >= 11 is 0. The molecule has 20 heavy (non-hydrogen) atoms. The summed E-state index contributed by atoms with van der Waals surface area (Å²) in [7, 11) is 0. The molecule has 4 nitrogen and oxygen atoms in total. The van der Waals surface area contributed by atoms with Crippen molar-refractivity contribution in [3.8, 4) is 5.75 Å². The predicted octanol–water partition coefficient (Wildman–Crippen LogP) is 1.74. The van der Waals surface area contributed by atoms with Gasteiger partial charge in [-0.1, -0.05) is 0 Å². The van der Waals surface area contributed by atoms with E-state index in [4.69, 9.17) is 4.74 Å². The first kappa shape index (κ1) is 13.4. The normalized spacial score (nSPS) is 21.1. The van der Waals surface area contributed by atoms with Crippen molar-refractivity contribution in [2.75, 3.05) is 26.2 Å². The maximum absolute atomic E-state index is 12.1. The second-order valence-electron chi connectivity index (χ2n) is 5.68. The summed E-state index contributed by atoms with van der Waals surface area (Å²) in [6, 6.07) is 5.71. The lowest BCUT2D eigenvalue weighted by molar-refractivity contribution is 0.0950. The lowest BCUT2D eigenvalue weighted by atomic mass is 9.96. The zero-order valence-corrected chi connectivity index (χ0v) is 11.8.